The maximum absolute atomic E-state index is 6.19. The van der Waals surface area contributed by atoms with Crippen molar-refractivity contribution in [1.29, 1.82) is 0 Å². The van der Waals surface area contributed by atoms with Crippen molar-refractivity contribution in [3.63, 3.8) is 0 Å². The molecule has 0 aliphatic carbocycles. The van der Waals surface area contributed by atoms with Gasteiger partial charge in [0.2, 0.25) is 0 Å². The lowest BCUT2D eigenvalue weighted by Crippen LogP contribution is -2.40. The summed E-state index contributed by atoms with van der Waals surface area (Å²) in [6.07, 6.45) is 3.71. The van der Waals surface area contributed by atoms with Gasteiger partial charge in [-0.05, 0) is 37.0 Å². The summed E-state index contributed by atoms with van der Waals surface area (Å²) < 4.78 is 0. The summed E-state index contributed by atoms with van der Waals surface area (Å²) in [5, 5.41) is 1.15. The Bertz CT molecular complexity index is 708. The molecule has 0 saturated carbocycles. The first kappa shape index (κ1) is 18.8. The van der Waals surface area contributed by atoms with Crippen LogP contribution in [-0.2, 0) is 6.54 Å². The molecule has 1 fully saturated rings. The molecule has 0 radical (unpaired) electrons. The molecule has 2 N–H and O–H groups in total. The van der Waals surface area contributed by atoms with Crippen molar-refractivity contribution in [1.82, 2.24) is 9.88 Å². The van der Waals surface area contributed by atoms with Crippen LogP contribution in [0.3, 0.4) is 0 Å². The van der Waals surface area contributed by atoms with Crippen molar-refractivity contribution in [3.8, 4) is 0 Å². The molecule has 0 spiro atoms. The Morgan fingerprint density at radius 1 is 1.21 bits per heavy atom. The molecule has 1 aliphatic rings. The van der Waals surface area contributed by atoms with E-state index in [-0.39, 0.29) is 24.0 Å². The normalized spacial score (nSPS) is 15.2. The van der Waals surface area contributed by atoms with E-state index in [1.807, 2.05) is 37.2 Å². The van der Waals surface area contributed by atoms with E-state index < -0.39 is 0 Å². The smallest absolute Gasteiger partial charge is 0.191 e. The average molecular weight is 439 g/mol. The highest BCUT2D eigenvalue weighted by Crippen LogP contribution is 2.23. The van der Waals surface area contributed by atoms with Crippen LogP contribution in [0, 0.1) is 0 Å². The number of para-hydroxylation sites is 1. The molecule has 2 heterocycles. The van der Waals surface area contributed by atoms with Gasteiger partial charge >= 0.3 is 0 Å². The lowest BCUT2D eigenvalue weighted by Gasteiger charge is -2.27. The van der Waals surface area contributed by atoms with Crippen LogP contribution in [0.5, 0.6) is 0 Å². The molecule has 0 atom stereocenters. The van der Waals surface area contributed by atoms with E-state index in [1.165, 1.54) is 24.8 Å². The Hall–Kier alpha value is -1.57. The Morgan fingerprint density at radius 2 is 1.92 bits per heavy atom. The third-order valence-electron chi connectivity index (χ3n) is 4.34. The van der Waals surface area contributed by atoms with E-state index in [0.717, 1.165) is 29.8 Å². The van der Waals surface area contributed by atoms with Crippen molar-refractivity contribution in [2.24, 2.45) is 10.7 Å². The van der Waals surface area contributed by atoms with Gasteiger partial charge in [0.25, 0.3) is 0 Å². The molecule has 6 heteroatoms. The van der Waals surface area contributed by atoms with E-state index in [9.17, 15) is 0 Å². The number of fused-ring (bicyclic) bond motifs is 1. The first-order valence-electron chi connectivity index (χ1n) is 8.26. The number of benzene rings is 1. The summed E-state index contributed by atoms with van der Waals surface area (Å²) in [4.78, 5) is 13.5. The van der Waals surface area contributed by atoms with Gasteiger partial charge in [-0.15, -0.1) is 24.0 Å². The molecule has 0 unspecified atom stereocenters. The molecular weight excluding hydrogens is 413 g/mol. The van der Waals surface area contributed by atoms with Crippen molar-refractivity contribution >= 4 is 46.7 Å². The Kier molecular flexibility index (Phi) is 6.65. The number of aromatic nitrogens is 1. The Balaban J connectivity index is 0.00000208. The number of nitrogens with zero attached hydrogens (tertiary/aromatic N) is 4. The highest BCUT2D eigenvalue weighted by Gasteiger charge is 2.12. The Labute approximate surface area is 161 Å². The molecule has 1 aliphatic heterocycles. The van der Waals surface area contributed by atoms with Gasteiger partial charge in [-0.1, -0.05) is 18.2 Å². The summed E-state index contributed by atoms with van der Waals surface area (Å²) in [7, 11) is 4.01. The van der Waals surface area contributed by atoms with E-state index in [0.29, 0.717) is 12.5 Å². The number of hydrogen-bond donors (Lipinski definition) is 1. The van der Waals surface area contributed by atoms with Gasteiger partial charge in [0.1, 0.15) is 5.82 Å². The van der Waals surface area contributed by atoms with Crippen LogP contribution in [-0.4, -0.2) is 43.0 Å². The van der Waals surface area contributed by atoms with Gasteiger partial charge in [0.05, 0.1) is 12.1 Å². The predicted molar refractivity (Wildman–Crippen MR) is 112 cm³/mol. The van der Waals surface area contributed by atoms with E-state index in [2.05, 4.69) is 27.0 Å². The predicted octanol–water partition coefficient (Wildman–Crippen LogP) is 3.22. The van der Waals surface area contributed by atoms with Crippen molar-refractivity contribution in [2.75, 3.05) is 32.1 Å². The lowest BCUT2D eigenvalue weighted by atomic mass is 10.1. The number of piperidine rings is 1. The molecule has 0 amide bonds. The third-order valence-corrected chi connectivity index (χ3v) is 4.34. The molecule has 3 rings (SSSR count). The second-order valence-electron chi connectivity index (χ2n) is 6.27. The summed E-state index contributed by atoms with van der Waals surface area (Å²) in [6, 6.07) is 10.3. The number of guanidine groups is 1. The van der Waals surface area contributed by atoms with Gasteiger partial charge in [-0.2, -0.15) is 0 Å². The first-order valence-corrected chi connectivity index (χ1v) is 8.26. The number of nitrogens with two attached hydrogens (primary N) is 1. The van der Waals surface area contributed by atoms with Gasteiger partial charge in [0, 0.05) is 32.6 Å². The number of pyridine rings is 1. The zero-order valence-electron chi connectivity index (χ0n) is 14.4. The summed E-state index contributed by atoms with van der Waals surface area (Å²) in [6.45, 7) is 2.64. The number of halogens is 1. The number of anilines is 1. The van der Waals surface area contributed by atoms with Gasteiger partial charge in [-0.25, -0.2) is 9.98 Å². The van der Waals surface area contributed by atoms with Gasteiger partial charge < -0.3 is 15.5 Å². The zero-order chi connectivity index (χ0) is 16.2. The molecule has 24 heavy (non-hydrogen) atoms. The summed E-state index contributed by atoms with van der Waals surface area (Å²) in [5.74, 6) is 1.61. The number of rotatable bonds is 3. The average Bonchev–Trinajstić information content (AvgIpc) is 2.59. The molecular formula is C18H26IN5. The minimum absolute atomic E-state index is 0. The maximum atomic E-state index is 6.19. The summed E-state index contributed by atoms with van der Waals surface area (Å²) in [5.41, 5.74) is 8.35. The van der Waals surface area contributed by atoms with Gasteiger partial charge in [-0.3, -0.25) is 0 Å². The van der Waals surface area contributed by atoms with E-state index in [1.54, 1.807) is 0 Å². The second kappa shape index (κ2) is 8.50. The maximum Gasteiger partial charge on any atom is 0.191 e. The fourth-order valence-electron chi connectivity index (χ4n) is 2.98. The van der Waals surface area contributed by atoms with Crippen molar-refractivity contribution < 1.29 is 0 Å². The van der Waals surface area contributed by atoms with Crippen LogP contribution in [0.15, 0.2) is 35.3 Å². The highest BCUT2D eigenvalue weighted by molar-refractivity contribution is 14.0. The largest absolute Gasteiger partial charge is 0.370 e. The number of likely N-dealkylation sites (tertiary alicyclic amines) is 1. The Morgan fingerprint density at radius 3 is 2.62 bits per heavy atom. The minimum Gasteiger partial charge on any atom is -0.370 e. The van der Waals surface area contributed by atoms with Crippen molar-refractivity contribution in [3.05, 3.63) is 35.9 Å². The standard InChI is InChI=1S/C18H25N5.HI/c1-22(2)17-12-14(15-8-4-5-9-16(15)21-17)13-20-18(19)23-10-6-3-7-11-23;/h4-5,8-9,12H,3,6-7,10-11,13H2,1-2H3,(H2,19,20);1H. The zero-order valence-corrected chi connectivity index (χ0v) is 16.7. The molecule has 5 nitrogen and oxygen atoms in total. The van der Waals surface area contributed by atoms with Crippen LogP contribution < -0.4 is 10.6 Å². The minimum atomic E-state index is 0. The molecule has 1 aromatic heterocycles. The quantitative estimate of drug-likeness (QED) is 0.454. The van der Waals surface area contributed by atoms with E-state index in [4.69, 9.17) is 5.73 Å². The van der Waals surface area contributed by atoms with Gasteiger partial charge in [0.15, 0.2) is 5.96 Å². The monoisotopic (exact) mass is 439 g/mol. The van der Waals surface area contributed by atoms with Crippen LogP contribution in [0.2, 0.25) is 0 Å². The van der Waals surface area contributed by atoms with Crippen LogP contribution >= 0.6 is 24.0 Å². The van der Waals surface area contributed by atoms with Crippen LogP contribution in [0.1, 0.15) is 24.8 Å². The topological polar surface area (TPSA) is 57.8 Å². The lowest BCUT2D eigenvalue weighted by molar-refractivity contribution is 0.338. The van der Waals surface area contributed by atoms with Crippen LogP contribution in [0.4, 0.5) is 5.82 Å². The van der Waals surface area contributed by atoms with Crippen LogP contribution in [0.25, 0.3) is 10.9 Å². The molecule has 1 aromatic carbocycles. The van der Waals surface area contributed by atoms with Crippen molar-refractivity contribution in [2.45, 2.75) is 25.8 Å². The number of hydrogen-bond acceptors (Lipinski definition) is 3. The third kappa shape index (κ3) is 4.28. The molecule has 1 saturated heterocycles. The highest BCUT2D eigenvalue weighted by atomic mass is 127. The molecule has 0 bridgehead atoms. The SMILES string of the molecule is CN(C)c1cc(CN=C(N)N2CCCCC2)c2ccccc2n1.I. The fourth-order valence-corrected chi connectivity index (χ4v) is 2.98. The van der Waals surface area contributed by atoms with E-state index >= 15 is 0 Å². The molecule has 2 aromatic rings. The first-order chi connectivity index (χ1) is 11.1. The second-order valence-corrected chi connectivity index (χ2v) is 6.27. The fraction of sp³-hybridized carbons (Fsp3) is 0.444. The summed E-state index contributed by atoms with van der Waals surface area (Å²) >= 11 is 0. The number of aliphatic imine (C=N–C) groups is 1. The molecule has 130 valence electrons.